The fourth-order valence-corrected chi connectivity index (χ4v) is 5.42. The second-order valence-corrected chi connectivity index (χ2v) is 10.4. The molecular formula is C24H42FNO3S. The van der Waals surface area contributed by atoms with E-state index in [1.807, 2.05) is 20.8 Å². The maximum Gasteiger partial charge on any atom is 0.240 e. The summed E-state index contributed by atoms with van der Waals surface area (Å²) in [6.45, 7) is 8.02. The van der Waals surface area contributed by atoms with E-state index >= 15 is 0 Å². The molecule has 4 nitrogen and oxygen atoms in total. The van der Waals surface area contributed by atoms with Crippen LogP contribution in [-0.4, -0.2) is 31.3 Å². The predicted molar refractivity (Wildman–Crippen MR) is 123 cm³/mol. The molecule has 0 amide bonds. The van der Waals surface area contributed by atoms with Crippen LogP contribution in [0.5, 0.6) is 0 Å². The first-order chi connectivity index (χ1) is 14.2. The Morgan fingerprint density at radius 2 is 1.67 bits per heavy atom. The van der Waals surface area contributed by atoms with Crippen LogP contribution < -0.4 is 4.72 Å². The molecule has 0 saturated carbocycles. The van der Waals surface area contributed by atoms with Gasteiger partial charge in [-0.15, -0.1) is 0 Å². The molecule has 4 atom stereocenters. The largest absolute Gasteiger partial charge is 0.388 e. The summed E-state index contributed by atoms with van der Waals surface area (Å²) in [5.74, 6) is -0.127. The fourth-order valence-electron chi connectivity index (χ4n) is 3.98. The van der Waals surface area contributed by atoms with Gasteiger partial charge in [0.25, 0.3) is 0 Å². The Balaban J connectivity index is 3.17. The van der Waals surface area contributed by atoms with Gasteiger partial charge in [-0.1, -0.05) is 90.8 Å². The summed E-state index contributed by atoms with van der Waals surface area (Å²) in [5, 5.41) is 11.7. The molecule has 0 radical (unpaired) electrons. The standard InChI is InChI=1S/C24H42FNO3S/c1-5-8-10-14-18-24(27,19-21(25)15-9-6-2)23(20(4)7-3)26-30(28,29)22-16-12-11-13-17-22/h11-13,16-17,20-21,23,26-27H,5-10,14-15,18-19H2,1-4H3/t20-,21?,23-,24?/m0/s1. The van der Waals surface area contributed by atoms with Crippen LogP contribution in [0.15, 0.2) is 35.2 Å². The first kappa shape index (κ1) is 27.1. The van der Waals surface area contributed by atoms with Crippen molar-refractivity contribution in [3.63, 3.8) is 0 Å². The van der Waals surface area contributed by atoms with Crippen LogP contribution in [-0.2, 0) is 10.0 Å². The van der Waals surface area contributed by atoms with E-state index in [0.717, 1.165) is 38.5 Å². The van der Waals surface area contributed by atoms with Crippen molar-refractivity contribution < 1.29 is 17.9 Å². The number of benzene rings is 1. The summed E-state index contributed by atoms with van der Waals surface area (Å²) in [6, 6.07) is 7.44. The minimum absolute atomic E-state index is 0.0363. The third-order valence-electron chi connectivity index (χ3n) is 6.04. The molecule has 30 heavy (non-hydrogen) atoms. The average molecular weight is 444 g/mol. The number of unbranched alkanes of at least 4 members (excludes halogenated alkanes) is 4. The topological polar surface area (TPSA) is 66.4 Å². The molecule has 0 spiro atoms. The summed E-state index contributed by atoms with van der Waals surface area (Å²) in [5.41, 5.74) is -1.42. The van der Waals surface area contributed by atoms with E-state index in [2.05, 4.69) is 11.6 Å². The van der Waals surface area contributed by atoms with E-state index in [0.29, 0.717) is 19.3 Å². The molecule has 1 aromatic carbocycles. The highest BCUT2D eigenvalue weighted by molar-refractivity contribution is 7.89. The summed E-state index contributed by atoms with van der Waals surface area (Å²) in [4.78, 5) is 0.161. The molecule has 174 valence electrons. The lowest BCUT2D eigenvalue weighted by molar-refractivity contribution is -0.0436. The third kappa shape index (κ3) is 8.64. The Bertz CT molecular complexity index is 683. The maximum atomic E-state index is 14.8. The molecule has 0 fully saturated rings. The lowest BCUT2D eigenvalue weighted by Gasteiger charge is -2.41. The SMILES string of the molecule is CCCCCCC(O)(CC(F)CCCC)[C@@H](NS(=O)(=O)c1ccccc1)[C@@H](C)CC. The molecular weight excluding hydrogens is 401 g/mol. The van der Waals surface area contributed by atoms with Gasteiger partial charge in [0.15, 0.2) is 0 Å². The van der Waals surface area contributed by atoms with Crippen LogP contribution in [0.3, 0.4) is 0 Å². The van der Waals surface area contributed by atoms with Crippen LogP contribution in [0, 0.1) is 5.92 Å². The van der Waals surface area contributed by atoms with Crippen LogP contribution in [0.2, 0.25) is 0 Å². The lowest BCUT2D eigenvalue weighted by atomic mass is 9.77. The molecule has 0 saturated heterocycles. The van der Waals surface area contributed by atoms with Gasteiger partial charge < -0.3 is 5.11 Å². The predicted octanol–water partition coefficient (Wildman–Crippen LogP) is 6.00. The van der Waals surface area contributed by atoms with Crippen molar-refractivity contribution in [1.29, 1.82) is 0 Å². The Kier molecular flexibility index (Phi) is 12.1. The molecule has 0 heterocycles. The van der Waals surface area contributed by atoms with E-state index in [1.54, 1.807) is 18.2 Å². The average Bonchev–Trinajstić information content (AvgIpc) is 2.73. The summed E-state index contributed by atoms with van der Waals surface area (Å²) in [6.07, 6.45) is 5.77. The van der Waals surface area contributed by atoms with Gasteiger partial charge in [0.2, 0.25) is 10.0 Å². The number of hydrogen-bond acceptors (Lipinski definition) is 3. The minimum atomic E-state index is -3.82. The molecule has 2 N–H and O–H groups in total. The lowest BCUT2D eigenvalue weighted by Crippen LogP contribution is -2.56. The van der Waals surface area contributed by atoms with Crippen LogP contribution in [0.4, 0.5) is 4.39 Å². The summed E-state index contributed by atoms with van der Waals surface area (Å²) >= 11 is 0. The van der Waals surface area contributed by atoms with E-state index in [4.69, 9.17) is 0 Å². The Hall–Kier alpha value is -0.980. The van der Waals surface area contributed by atoms with Crippen molar-refractivity contribution in [2.24, 2.45) is 5.92 Å². The molecule has 0 aliphatic carbocycles. The first-order valence-electron chi connectivity index (χ1n) is 11.6. The van der Waals surface area contributed by atoms with E-state index in [1.165, 1.54) is 12.1 Å². The number of alkyl halides is 1. The van der Waals surface area contributed by atoms with Gasteiger partial charge in [-0.2, -0.15) is 0 Å². The number of nitrogens with one attached hydrogen (secondary N) is 1. The van der Waals surface area contributed by atoms with Crippen molar-refractivity contribution in [3.8, 4) is 0 Å². The number of hydrogen-bond donors (Lipinski definition) is 2. The second kappa shape index (κ2) is 13.4. The Morgan fingerprint density at radius 3 is 2.23 bits per heavy atom. The molecule has 0 aliphatic heterocycles. The fraction of sp³-hybridized carbons (Fsp3) is 0.750. The van der Waals surface area contributed by atoms with Gasteiger partial charge in [0.05, 0.1) is 16.5 Å². The van der Waals surface area contributed by atoms with E-state index < -0.39 is 27.8 Å². The normalized spacial score (nSPS) is 17.3. The quantitative estimate of drug-likeness (QED) is 0.308. The van der Waals surface area contributed by atoms with Crippen LogP contribution in [0.25, 0.3) is 0 Å². The van der Waals surface area contributed by atoms with Crippen molar-refractivity contribution >= 4 is 10.0 Å². The molecule has 1 rings (SSSR count). The molecule has 0 bridgehead atoms. The van der Waals surface area contributed by atoms with Crippen molar-refractivity contribution in [3.05, 3.63) is 30.3 Å². The highest BCUT2D eigenvalue weighted by Gasteiger charge is 2.43. The zero-order valence-electron chi connectivity index (χ0n) is 19.2. The number of halogens is 1. The van der Waals surface area contributed by atoms with Crippen molar-refractivity contribution in [1.82, 2.24) is 4.72 Å². The zero-order chi connectivity index (χ0) is 22.6. The highest BCUT2D eigenvalue weighted by atomic mass is 32.2. The first-order valence-corrected chi connectivity index (χ1v) is 13.1. The van der Waals surface area contributed by atoms with Gasteiger partial charge in [0.1, 0.15) is 6.17 Å². The monoisotopic (exact) mass is 443 g/mol. The summed E-state index contributed by atoms with van der Waals surface area (Å²) in [7, 11) is -3.82. The van der Waals surface area contributed by atoms with Gasteiger partial charge in [0, 0.05) is 6.42 Å². The van der Waals surface area contributed by atoms with Gasteiger partial charge in [-0.3, -0.25) is 0 Å². The molecule has 0 aliphatic rings. The van der Waals surface area contributed by atoms with Crippen molar-refractivity contribution in [2.75, 3.05) is 0 Å². The number of rotatable bonds is 16. The maximum absolute atomic E-state index is 14.8. The van der Waals surface area contributed by atoms with Gasteiger partial charge >= 0.3 is 0 Å². The van der Waals surface area contributed by atoms with E-state index in [9.17, 15) is 17.9 Å². The number of sulfonamides is 1. The highest BCUT2D eigenvalue weighted by Crippen LogP contribution is 2.33. The van der Waals surface area contributed by atoms with Gasteiger partial charge in [-0.05, 0) is 30.9 Å². The number of aliphatic hydroxyl groups is 1. The van der Waals surface area contributed by atoms with Gasteiger partial charge in [-0.25, -0.2) is 17.5 Å². The zero-order valence-corrected chi connectivity index (χ0v) is 20.1. The smallest absolute Gasteiger partial charge is 0.240 e. The van der Waals surface area contributed by atoms with E-state index in [-0.39, 0.29) is 17.2 Å². The Labute approximate surface area is 183 Å². The van der Waals surface area contributed by atoms with Crippen LogP contribution in [0.1, 0.15) is 91.9 Å². The second-order valence-electron chi connectivity index (χ2n) is 8.66. The molecule has 6 heteroatoms. The molecule has 2 unspecified atom stereocenters. The third-order valence-corrected chi connectivity index (χ3v) is 7.49. The molecule has 1 aromatic rings. The van der Waals surface area contributed by atoms with Crippen LogP contribution >= 0.6 is 0 Å². The Morgan fingerprint density at radius 1 is 1.03 bits per heavy atom. The minimum Gasteiger partial charge on any atom is -0.388 e. The van der Waals surface area contributed by atoms with Crippen molar-refractivity contribution in [2.45, 2.75) is 115 Å². The molecule has 0 aromatic heterocycles. The summed E-state index contributed by atoms with van der Waals surface area (Å²) < 4.78 is 43.6.